The van der Waals surface area contributed by atoms with Gasteiger partial charge in [-0.05, 0) is 17.5 Å². The summed E-state index contributed by atoms with van der Waals surface area (Å²) in [4.78, 5) is 37.3. The Morgan fingerprint density at radius 3 is 2.65 bits per heavy atom. The van der Waals surface area contributed by atoms with Crippen molar-refractivity contribution in [2.24, 2.45) is 5.10 Å². The van der Waals surface area contributed by atoms with E-state index in [2.05, 4.69) is 5.10 Å². The van der Waals surface area contributed by atoms with Crippen molar-refractivity contribution >= 4 is 23.5 Å². The molecule has 1 atom stereocenters. The maximum atomic E-state index is 12.7. The molecule has 2 aliphatic heterocycles. The molecule has 7 heteroatoms. The average Bonchev–Trinajstić information content (AvgIpc) is 2.55. The predicted octanol–water partition coefficient (Wildman–Crippen LogP) is 0.805. The van der Waals surface area contributed by atoms with Gasteiger partial charge < -0.3 is 10.0 Å². The van der Waals surface area contributed by atoms with E-state index >= 15 is 0 Å². The van der Waals surface area contributed by atoms with Gasteiger partial charge >= 0.3 is 5.97 Å². The lowest BCUT2D eigenvalue weighted by Crippen LogP contribution is -2.47. The molecule has 0 bridgehead atoms. The van der Waals surface area contributed by atoms with E-state index in [1.54, 1.807) is 12.1 Å². The molecule has 0 saturated carbocycles. The number of rotatable bonds is 2. The number of hydrogen-bond acceptors (Lipinski definition) is 4. The molecule has 0 unspecified atom stereocenters. The van der Waals surface area contributed by atoms with Crippen LogP contribution in [0.3, 0.4) is 0 Å². The largest absolute Gasteiger partial charge is 0.479 e. The quantitative estimate of drug-likeness (QED) is 0.874. The monoisotopic (exact) mass is 315 g/mol. The lowest BCUT2D eigenvalue weighted by molar-refractivity contribution is -0.149. The zero-order chi connectivity index (χ0) is 16.6. The normalized spacial score (nSPS) is 20.8. The van der Waals surface area contributed by atoms with Crippen LogP contribution < -0.4 is 0 Å². The Hall–Kier alpha value is -2.70. The fourth-order valence-corrected chi connectivity index (χ4v) is 3.04. The highest BCUT2D eigenvalue weighted by atomic mass is 16.4. The second kappa shape index (κ2) is 5.83. The lowest BCUT2D eigenvalue weighted by Gasteiger charge is -2.35. The highest BCUT2D eigenvalue weighted by molar-refractivity contribution is 6.39. The van der Waals surface area contributed by atoms with Gasteiger partial charge in [0.25, 0.3) is 5.91 Å². The van der Waals surface area contributed by atoms with Crippen LogP contribution in [-0.4, -0.2) is 52.1 Å². The van der Waals surface area contributed by atoms with Crippen LogP contribution in [0.15, 0.2) is 29.4 Å². The van der Waals surface area contributed by atoms with Gasteiger partial charge in [0, 0.05) is 26.4 Å². The van der Waals surface area contributed by atoms with Gasteiger partial charge in [0.05, 0.1) is 0 Å². The maximum Gasteiger partial charge on any atom is 0.331 e. The van der Waals surface area contributed by atoms with Crippen molar-refractivity contribution in [2.45, 2.75) is 25.3 Å². The maximum absolute atomic E-state index is 12.7. The molecule has 3 rings (SSSR count). The number of fused-ring (bicyclic) bond motifs is 1. The summed E-state index contributed by atoms with van der Waals surface area (Å²) in [7, 11) is 1.49. The molecule has 2 aliphatic rings. The third-order valence-corrected chi connectivity index (χ3v) is 4.23. The van der Waals surface area contributed by atoms with Crippen LogP contribution in [0, 0.1) is 0 Å². The first-order valence-corrected chi connectivity index (χ1v) is 7.44. The lowest BCUT2D eigenvalue weighted by atomic mass is 9.92. The second-order valence-corrected chi connectivity index (χ2v) is 5.65. The fraction of sp³-hybridized carbons (Fsp3) is 0.375. The topological polar surface area (TPSA) is 90.3 Å². The van der Waals surface area contributed by atoms with Gasteiger partial charge in [-0.25, -0.2) is 9.80 Å². The number of nitrogens with zero attached hydrogens (tertiary/aromatic N) is 3. The molecule has 23 heavy (non-hydrogen) atoms. The molecular formula is C16H17N3O4. The molecule has 2 heterocycles. The third-order valence-electron chi connectivity index (χ3n) is 4.23. The summed E-state index contributed by atoms with van der Waals surface area (Å²) < 4.78 is 0. The van der Waals surface area contributed by atoms with Crippen molar-refractivity contribution in [2.75, 3.05) is 13.6 Å². The molecule has 0 fully saturated rings. The average molecular weight is 315 g/mol. The van der Waals surface area contributed by atoms with Gasteiger partial charge in [-0.15, -0.1) is 0 Å². The Balaban J connectivity index is 1.93. The van der Waals surface area contributed by atoms with E-state index in [9.17, 15) is 19.5 Å². The van der Waals surface area contributed by atoms with Crippen LogP contribution in [0.4, 0.5) is 0 Å². The van der Waals surface area contributed by atoms with Gasteiger partial charge in [-0.1, -0.05) is 24.3 Å². The molecule has 2 amide bonds. The summed E-state index contributed by atoms with van der Waals surface area (Å²) in [6.45, 7) is 0.323. The predicted molar refractivity (Wildman–Crippen MR) is 81.7 cm³/mol. The van der Waals surface area contributed by atoms with Crippen LogP contribution in [0.1, 0.15) is 30.0 Å². The van der Waals surface area contributed by atoms with Gasteiger partial charge in [0.2, 0.25) is 5.91 Å². The van der Waals surface area contributed by atoms with Crippen molar-refractivity contribution in [3.8, 4) is 0 Å². The highest BCUT2D eigenvalue weighted by Crippen LogP contribution is 2.30. The van der Waals surface area contributed by atoms with Crippen LogP contribution >= 0.6 is 0 Å². The SMILES string of the molecule is CN1N=C(C(=O)N2CCc3ccccc3[C@@H]2C(=O)O)CCC1=O. The van der Waals surface area contributed by atoms with Gasteiger partial charge in [-0.2, -0.15) is 5.10 Å². The third kappa shape index (κ3) is 2.69. The second-order valence-electron chi connectivity index (χ2n) is 5.65. The molecule has 7 nitrogen and oxygen atoms in total. The number of carbonyl (C=O) groups excluding carboxylic acids is 2. The Morgan fingerprint density at radius 2 is 1.96 bits per heavy atom. The number of hydrogen-bond donors (Lipinski definition) is 1. The summed E-state index contributed by atoms with van der Waals surface area (Å²) in [6, 6.07) is 6.25. The Morgan fingerprint density at radius 1 is 1.22 bits per heavy atom. The van der Waals surface area contributed by atoms with E-state index in [-0.39, 0.29) is 24.5 Å². The molecule has 0 radical (unpaired) electrons. The summed E-state index contributed by atoms with van der Waals surface area (Å²) in [5.74, 6) is -1.63. The van der Waals surface area contributed by atoms with E-state index in [1.165, 1.54) is 11.9 Å². The van der Waals surface area contributed by atoms with E-state index < -0.39 is 17.9 Å². The number of carboxylic acids is 1. The first-order valence-electron chi connectivity index (χ1n) is 7.44. The fourth-order valence-electron chi connectivity index (χ4n) is 3.04. The summed E-state index contributed by atoms with van der Waals surface area (Å²) in [5, 5.41) is 14.7. The van der Waals surface area contributed by atoms with Crippen LogP contribution in [0.25, 0.3) is 0 Å². The molecule has 0 aliphatic carbocycles. The van der Waals surface area contributed by atoms with E-state index in [0.29, 0.717) is 18.5 Å². The Labute approximate surface area is 133 Å². The van der Waals surface area contributed by atoms with Crippen LogP contribution in [0.5, 0.6) is 0 Å². The standard InChI is InChI=1S/C16H17N3O4/c1-18-13(20)7-6-12(17-18)15(21)19-9-8-10-4-2-3-5-11(10)14(19)16(22)23/h2-5,14H,6-9H2,1H3,(H,22,23)/t14-/m1/s1. The van der Waals surface area contributed by atoms with Crippen molar-refractivity contribution in [1.29, 1.82) is 0 Å². The number of carboxylic acid groups (broad SMARTS) is 1. The van der Waals surface area contributed by atoms with Crippen LogP contribution in [0.2, 0.25) is 0 Å². The minimum absolute atomic E-state index is 0.152. The molecule has 1 aromatic carbocycles. The van der Waals surface area contributed by atoms with Crippen molar-refractivity contribution in [3.63, 3.8) is 0 Å². The van der Waals surface area contributed by atoms with Crippen molar-refractivity contribution in [1.82, 2.24) is 9.91 Å². The molecule has 1 aromatic rings. The zero-order valence-corrected chi connectivity index (χ0v) is 12.7. The molecule has 0 spiro atoms. The van der Waals surface area contributed by atoms with Crippen LogP contribution in [-0.2, 0) is 20.8 Å². The number of carbonyl (C=O) groups is 3. The minimum Gasteiger partial charge on any atom is -0.479 e. The zero-order valence-electron chi connectivity index (χ0n) is 12.7. The Kier molecular flexibility index (Phi) is 3.85. The summed E-state index contributed by atoms with van der Waals surface area (Å²) in [6.07, 6.45) is 1.06. The van der Waals surface area contributed by atoms with Crippen molar-refractivity contribution < 1.29 is 19.5 Å². The summed E-state index contributed by atoms with van der Waals surface area (Å²) >= 11 is 0. The molecule has 0 saturated heterocycles. The molecule has 120 valence electrons. The number of hydrazone groups is 1. The Bertz CT molecular complexity index is 713. The van der Waals surface area contributed by atoms with E-state index in [4.69, 9.17) is 0 Å². The summed E-state index contributed by atoms with van der Waals surface area (Å²) in [5.41, 5.74) is 1.82. The van der Waals surface area contributed by atoms with Crippen molar-refractivity contribution in [3.05, 3.63) is 35.4 Å². The number of amides is 2. The number of benzene rings is 1. The minimum atomic E-state index is -1.06. The van der Waals surface area contributed by atoms with Gasteiger partial charge in [0.1, 0.15) is 5.71 Å². The molecule has 1 N–H and O–H groups in total. The number of aliphatic carboxylic acids is 1. The smallest absolute Gasteiger partial charge is 0.331 e. The highest BCUT2D eigenvalue weighted by Gasteiger charge is 2.38. The van der Waals surface area contributed by atoms with E-state index in [0.717, 1.165) is 10.6 Å². The molecule has 0 aromatic heterocycles. The first kappa shape index (κ1) is 15.2. The van der Waals surface area contributed by atoms with Gasteiger partial charge in [0.15, 0.2) is 6.04 Å². The first-order chi connectivity index (χ1) is 11.0. The van der Waals surface area contributed by atoms with Gasteiger partial charge in [-0.3, -0.25) is 9.59 Å². The van der Waals surface area contributed by atoms with E-state index in [1.807, 2.05) is 12.1 Å². The molecular weight excluding hydrogens is 298 g/mol.